The summed E-state index contributed by atoms with van der Waals surface area (Å²) in [4.78, 5) is 0. The predicted molar refractivity (Wildman–Crippen MR) is 98.1 cm³/mol. The Morgan fingerprint density at radius 3 is 2.45 bits per heavy atom. The first-order valence-electron chi connectivity index (χ1n) is 7.62. The molecule has 0 aliphatic heterocycles. The molecule has 3 rings (SSSR count). The molecule has 0 saturated heterocycles. The van der Waals surface area contributed by atoms with Crippen LogP contribution in [0.25, 0.3) is 27.5 Å². The summed E-state index contributed by atoms with van der Waals surface area (Å²) < 4.78 is 2.32. The Labute approximate surface area is 131 Å². The van der Waals surface area contributed by atoms with Crippen LogP contribution in [0, 0.1) is 6.92 Å². The van der Waals surface area contributed by atoms with Gasteiger partial charge in [0, 0.05) is 16.5 Å². The molecule has 1 heterocycles. The van der Waals surface area contributed by atoms with E-state index in [1.165, 1.54) is 27.4 Å². The third-order valence-electron chi connectivity index (χ3n) is 3.92. The Morgan fingerprint density at radius 1 is 1.00 bits per heavy atom. The van der Waals surface area contributed by atoms with Crippen molar-refractivity contribution in [1.82, 2.24) is 4.57 Å². The molecule has 0 N–H and O–H groups in total. The summed E-state index contributed by atoms with van der Waals surface area (Å²) in [5.41, 5.74) is 5.98. The molecule has 0 bridgehead atoms. The zero-order valence-corrected chi connectivity index (χ0v) is 13.4. The molecule has 0 spiro atoms. The van der Waals surface area contributed by atoms with Gasteiger partial charge in [-0.1, -0.05) is 54.1 Å². The van der Waals surface area contributed by atoms with Gasteiger partial charge < -0.3 is 4.57 Å². The van der Waals surface area contributed by atoms with Crippen molar-refractivity contribution in [2.24, 2.45) is 0 Å². The van der Waals surface area contributed by atoms with E-state index in [0.717, 1.165) is 11.3 Å². The fourth-order valence-electron chi connectivity index (χ4n) is 2.89. The quantitative estimate of drug-likeness (QED) is 0.513. The smallest absolute Gasteiger partial charge is 0.0541 e. The lowest BCUT2D eigenvalue weighted by Crippen LogP contribution is -1.94. The second-order valence-electron chi connectivity index (χ2n) is 5.77. The third kappa shape index (κ3) is 2.39. The van der Waals surface area contributed by atoms with Gasteiger partial charge in [-0.2, -0.15) is 0 Å². The monoisotopic (exact) mass is 287 g/mol. The maximum atomic E-state index is 3.96. The molecule has 1 heteroatoms. The molecule has 2 aromatic carbocycles. The van der Waals surface area contributed by atoms with Crippen LogP contribution in [0.1, 0.15) is 19.4 Å². The minimum atomic E-state index is 1.05. The zero-order valence-electron chi connectivity index (χ0n) is 13.4. The Kier molecular flexibility index (Phi) is 3.72. The van der Waals surface area contributed by atoms with Crippen molar-refractivity contribution in [3.8, 4) is 0 Å². The molecule has 0 aliphatic rings. The molecule has 0 unspecified atom stereocenters. The number of hydrogen-bond donors (Lipinski definition) is 0. The maximum absolute atomic E-state index is 3.96. The van der Waals surface area contributed by atoms with Crippen molar-refractivity contribution in [2.45, 2.75) is 20.8 Å². The fraction of sp³-hybridized carbons (Fsp3) is 0.143. The van der Waals surface area contributed by atoms with Crippen LogP contribution >= 0.6 is 0 Å². The number of rotatable bonds is 3. The van der Waals surface area contributed by atoms with Gasteiger partial charge in [0.15, 0.2) is 0 Å². The lowest BCUT2D eigenvalue weighted by molar-refractivity contribution is 1.23. The lowest BCUT2D eigenvalue weighted by atomic mass is 10.1. The van der Waals surface area contributed by atoms with Gasteiger partial charge in [-0.05, 0) is 45.0 Å². The molecule has 0 fully saturated rings. The molecule has 110 valence electrons. The third-order valence-corrected chi connectivity index (χ3v) is 3.92. The van der Waals surface area contributed by atoms with Crippen LogP contribution in [0.5, 0.6) is 0 Å². The Balaban J connectivity index is 2.38. The van der Waals surface area contributed by atoms with Crippen LogP contribution in [-0.4, -0.2) is 4.57 Å². The van der Waals surface area contributed by atoms with Gasteiger partial charge >= 0.3 is 0 Å². The molecule has 1 nitrogen and oxygen atoms in total. The summed E-state index contributed by atoms with van der Waals surface area (Å²) in [6.45, 7) is 10.2. The molecular formula is C21H21N. The van der Waals surface area contributed by atoms with Gasteiger partial charge in [0.05, 0.1) is 11.0 Å². The van der Waals surface area contributed by atoms with Crippen LogP contribution in [0.2, 0.25) is 0 Å². The number of allylic oxidation sites excluding steroid dienone is 5. The topological polar surface area (TPSA) is 4.93 Å². The summed E-state index contributed by atoms with van der Waals surface area (Å²) in [6.07, 6.45) is 6.34. The SMILES string of the molecule is C=C(C)/C=C\C(=C/C)n1c2ccccc2c2cc(C)ccc21. The molecule has 0 aliphatic carbocycles. The van der Waals surface area contributed by atoms with E-state index in [-0.39, 0.29) is 0 Å². The summed E-state index contributed by atoms with van der Waals surface area (Å²) in [5.74, 6) is 0. The van der Waals surface area contributed by atoms with E-state index in [1.807, 2.05) is 6.92 Å². The minimum absolute atomic E-state index is 1.05. The van der Waals surface area contributed by atoms with Crippen LogP contribution in [0.15, 0.2) is 72.8 Å². The van der Waals surface area contributed by atoms with Crippen LogP contribution in [0.4, 0.5) is 0 Å². The van der Waals surface area contributed by atoms with Crippen molar-refractivity contribution in [1.29, 1.82) is 0 Å². The van der Waals surface area contributed by atoms with Crippen LogP contribution < -0.4 is 0 Å². The number of aromatic nitrogens is 1. The van der Waals surface area contributed by atoms with Gasteiger partial charge in [0.2, 0.25) is 0 Å². The number of para-hydroxylation sites is 1. The van der Waals surface area contributed by atoms with E-state index < -0.39 is 0 Å². The zero-order chi connectivity index (χ0) is 15.7. The van der Waals surface area contributed by atoms with Gasteiger partial charge in [-0.15, -0.1) is 0 Å². The first-order chi connectivity index (χ1) is 10.6. The van der Waals surface area contributed by atoms with E-state index in [4.69, 9.17) is 0 Å². The van der Waals surface area contributed by atoms with Gasteiger partial charge in [0.25, 0.3) is 0 Å². The Bertz CT molecular complexity index is 920. The lowest BCUT2D eigenvalue weighted by Gasteiger charge is -2.08. The van der Waals surface area contributed by atoms with Crippen molar-refractivity contribution in [3.63, 3.8) is 0 Å². The molecular weight excluding hydrogens is 266 g/mol. The maximum Gasteiger partial charge on any atom is 0.0541 e. The molecule has 1 aromatic heterocycles. The number of fused-ring (bicyclic) bond motifs is 3. The number of nitrogens with zero attached hydrogens (tertiary/aromatic N) is 1. The Hall–Kier alpha value is -2.54. The predicted octanol–water partition coefficient (Wildman–Crippen LogP) is 6.10. The van der Waals surface area contributed by atoms with E-state index >= 15 is 0 Å². The van der Waals surface area contributed by atoms with E-state index in [0.29, 0.717) is 0 Å². The molecule has 3 aromatic rings. The Morgan fingerprint density at radius 2 is 1.73 bits per heavy atom. The van der Waals surface area contributed by atoms with E-state index in [9.17, 15) is 0 Å². The molecule has 0 radical (unpaired) electrons. The van der Waals surface area contributed by atoms with E-state index in [2.05, 4.69) is 85.7 Å². The summed E-state index contributed by atoms with van der Waals surface area (Å²) in [6, 6.07) is 15.2. The first-order valence-corrected chi connectivity index (χ1v) is 7.62. The van der Waals surface area contributed by atoms with Gasteiger partial charge in [0.1, 0.15) is 0 Å². The molecule has 0 amide bonds. The average molecular weight is 287 g/mol. The highest BCUT2D eigenvalue weighted by Gasteiger charge is 2.11. The minimum Gasteiger partial charge on any atom is -0.310 e. The van der Waals surface area contributed by atoms with Crippen LogP contribution in [0.3, 0.4) is 0 Å². The normalized spacial score (nSPS) is 12.6. The highest BCUT2D eigenvalue weighted by atomic mass is 15.0. The van der Waals surface area contributed by atoms with Crippen molar-refractivity contribution >= 4 is 27.5 Å². The molecule has 0 atom stereocenters. The van der Waals surface area contributed by atoms with Crippen molar-refractivity contribution in [2.75, 3.05) is 0 Å². The highest BCUT2D eigenvalue weighted by Crippen LogP contribution is 2.32. The summed E-state index contributed by atoms with van der Waals surface area (Å²) in [5, 5.41) is 2.60. The second kappa shape index (κ2) is 5.69. The molecule has 0 saturated carbocycles. The van der Waals surface area contributed by atoms with E-state index in [1.54, 1.807) is 0 Å². The molecule has 22 heavy (non-hydrogen) atoms. The standard InChI is InChI=1S/C21H21N/c1-5-17(12-10-15(2)3)22-20-9-7-6-8-18(20)19-14-16(4)11-13-21(19)22/h5-14H,2H2,1,3-4H3/b12-10-,17-5+. The second-order valence-corrected chi connectivity index (χ2v) is 5.77. The van der Waals surface area contributed by atoms with Gasteiger partial charge in [-0.3, -0.25) is 0 Å². The fourth-order valence-corrected chi connectivity index (χ4v) is 2.89. The first kappa shape index (κ1) is 14.4. The summed E-state index contributed by atoms with van der Waals surface area (Å²) in [7, 11) is 0. The number of benzene rings is 2. The van der Waals surface area contributed by atoms with Gasteiger partial charge in [-0.25, -0.2) is 0 Å². The van der Waals surface area contributed by atoms with Crippen molar-refractivity contribution in [3.05, 3.63) is 78.4 Å². The number of aryl methyl sites for hydroxylation is 1. The highest BCUT2D eigenvalue weighted by molar-refractivity contribution is 6.10. The largest absolute Gasteiger partial charge is 0.310 e. The number of hydrogen-bond acceptors (Lipinski definition) is 0. The summed E-state index contributed by atoms with van der Waals surface area (Å²) >= 11 is 0. The van der Waals surface area contributed by atoms with Crippen molar-refractivity contribution < 1.29 is 0 Å². The average Bonchev–Trinajstić information content (AvgIpc) is 2.82. The van der Waals surface area contributed by atoms with Crippen LogP contribution in [-0.2, 0) is 0 Å².